The molecule has 1 amide bonds. The van der Waals surface area contributed by atoms with E-state index >= 15 is 0 Å². The van der Waals surface area contributed by atoms with Gasteiger partial charge in [-0.1, -0.05) is 24.7 Å². The fourth-order valence-corrected chi connectivity index (χ4v) is 6.69. The maximum absolute atomic E-state index is 13.0. The Kier molecular flexibility index (Phi) is 7.54. The molecule has 0 atom stereocenters. The number of nitrogens with one attached hydrogen (secondary N) is 1. The van der Waals surface area contributed by atoms with Crippen molar-refractivity contribution in [3.05, 3.63) is 75.0 Å². The first-order valence-corrected chi connectivity index (χ1v) is 15.7. The van der Waals surface area contributed by atoms with Crippen molar-refractivity contribution in [2.75, 3.05) is 50.6 Å². The van der Waals surface area contributed by atoms with Crippen molar-refractivity contribution in [2.24, 2.45) is 0 Å². The monoisotopic (exact) mass is 608 g/mol. The zero-order valence-corrected chi connectivity index (χ0v) is 25.4. The Labute approximate surface area is 258 Å². The topological polar surface area (TPSA) is 106 Å². The molecule has 1 aromatic carbocycles. The van der Waals surface area contributed by atoms with Gasteiger partial charge in [0.1, 0.15) is 16.0 Å². The van der Waals surface area contributed by atoms with Gasteiger partial charge in [-0.3, -0.25) is 9.59 Å². The summed E-state index contributed by atoms with van der Waals surface area (Å²) in [6.07, 6.45) is 6.15. The van der Waals surface area contributed by atoms with Gasteiger partial charge >= 0.3 is 0 Å². The van der Waals surface area contributed by atoms with E-state index in [4.69, 9.17) is 14.1 Å². The van der Waals surface area contributed by atoms with E-state index < -0.39 is 0 Å². The predicted molar refractivity (Wildman–Crippen MR) is 172 cm³/mol. The second-order valence-electron chi connectivity index (χ2n) is 11.3. The third-order valence-corrected chi connectivity index (χ3v) is 9.10. The number of carbonyl (C=O) groups excluding carboxylic acids is 1. The van der Waals surface area contributed by atoms with E-state index in [1.165, 1.54) is 11.3 Å². The van der Waals surface area contributed by atoms with E-state index in [1.54, 1.807) is 31.3 Å². The van der Waals surface area contributed by atoms with Crippen LogP contribution in [-0.4, -0.2) is 65.7 Å². The molecule has 1 saturated carbocycles. The maximum Gasteiger partial charge on any atom is 0.270 e. The highest BCUT2D eigenvalue weighted by atomic mass is 32.1. The van der Waals surface area contributed by atoms with Crippen LogP contribution in [0.5, 0.6) is 0 Å². The summed E-state index contributed by atoms with van der Waals surface area (Å²) in [5, 5.41) is 6.02. The molecule has 224 valence electrons. The first kappa shape index (κ1) is 28.1. The lowest BCUT2D eigenvalue weighted by atomic mass is 10.2. The minimum absolute atomic E-state index is 0.0313. The molecule has 2 fully saturated rings. The van der Waals surface area contributed by atoms with Crippen LogP contribution in [0.3, 0.4) is 0 Å². The highest BCUT2D eigenvalue weighted by molar-refractivity contribution is 7.17. The third-order valence-electron chi connectivity index (χ3n) is 8.13. The van der Waals surface area contributed by atoms with Gasteiger partial charge in [0.15, 0.2) is 11.5 Å². The number of hydrogen-bond donors (Lipinski definition) is 1. The van der Waals surface area contributed by atoms with Gasteiger partial charge in [0.05, 0.1) is 18.8 Å². The van der Waals surface area contributed by atoms with E-state index in [9.17, 15) is 9.59 Å². The van der Waals surface area contributed by atoms with Crippen LogP contribution in [0.1, 0.15) is 53.3 Å². The minimum atomic E-state index is -0.0577. The zero-order valence-electron chi connectivity index (χ0n) is 24.6. The highest BCUT2D eigenvalue weighted by Gasteiger charge is 2.26. The van der Waals surface area contributed by atoms with E-state index in [0.29, 0.717) is 59.7 Å². The van der Waals surface area contributed by atoms with Gasteiger partial charge in [-0.05, 0) is 43.2 Å². The number of fused-ring (bicyclic) bond motifs is 2. The van der Waals surface area contributed by atoms with Crippen molar-refractivity contribution in [3.63, 3.8) is 0 Å². The van der Waals surface area contributed by atoms with Gasteiger partial charge in [0.25, 0.3) is 5.91 Å². The predicted octanol–water partition coefficient (Wildman–Crippen LogP) is 5.40. The van der Waals surface area contributed by atoms with Crippen molar-refractivity contribution in [1.82, 2.24) is 19.4 Å². The molecule has 5 heterocycles. The van der Waals surface area contributed by atoms with E-state index in [-0.39, 0.29) is 17.4 Å². The van der Waals surface area contributed by atoms with Crippen LogP contribution in [0.25, 0.3) is 21.3 Å². The lowest BCUT2D eigenvalue weighted by Gasteiger charge is -2.26. The molecule has 0 radical (unpaired) electrons. The van der Waals surface area contributed by atoms with Crippen LogP contribution >= 0.6 is 11.3 Å². The molecule has 10 nitrogen and oxygen atoms in total. The van der Waals surface area contributed by atoms with Crippen molar-refractivity contribution in [2.45, 2.75) is 31.7 Å². The lowest BCUT2D eigenvalue weighted by molar-refractivity contribution is 0.0815. The van der Waals surface area contributed by atoms with E-state index in [2.05, 4.69) is 26.7 Å². The molecule has 4 aromatic heterocycles. The number of rotatable bonds is 5. The molecule has 0 bridgehead atoms. The number of aromatic nitrogens is 3. The molecule has 2 aliphatic rings. The summed E-state index contributed by atoms with van der Waals surface area (Å²) in [4.78, 5) is 38.7. The molecular formula is C33H32N6O4S. The summed E-state index contributed by atoms with van der Waals surface area (Å²) in [7, 11) is 3.54. The Balaban J connectivity index is 1.12. The number of hydrogen-bond acceptors (Lipinski definition) is 9. The Hall–Kier alpha value is -4.66. The number of anilines is 3. The summed E-state index contributed by atoms with van der Waals surface area (Å²) in [6, 6.07) is 11.4. The van der Waals surface area contributed by atoms with Crippen LogP contribution in [0.4, 0.5) is 17.5 Å². The van der Waals surface area contributed by atoms with Crippen LogP contribution in [0, 0.1) is 11.8 Å². The van der Waals surface area contributed by atoms with Crippen LogP contribution in [0.2, 0.25) is 0 Å². The maximum atomic E-state index is 13.0. The van der Waals surface area contributed by atoms with Crippen molar-refractivity contribution in [1.29, 1.82) is 0 Å². The third kappa shape index (κ3) is 5.42. The Morgan fingerprint density at radius 1 is 1.09 bits per heavy atom. The first-order valence-electron chi connectivity index (χ1n) is 14.8. The molecule has 1 saturated heterocycles. The molecule has 11 heteroatoms. The molecule has 44 heavy (non-hydrogen) atoms. The van der Waals surface area contributed by atoms with Crippen molar-refractivity contribution in [3.8, 4) is 11.8 Å². The average Bonchev–Trinajstić information content (AvgIpc) is 3.79. The van der Waals surface area contributed by atoms with Gasteiger partial charge in [-0.2, -0.15) is 4.98 Å². The number of thiophene rings is 1. The molecule has 0 unspecified atom stereocenters. The number of benzene rings is 1. The minimum Gasteiger partial charge on any atom is -0.438 e. The van der Waals surface area contributed by atoms with Gasteiger partial charge in [0.2, 0.25) is 11.4 Å². The van der Waals surface area contributed by atoms with Gasteiger partial charge in [-0.25, -0.2) is 4.98 Å². The molecular weight excluding hydrogens is 576 g/mol. The lowest BCUT2D eigenvalue weighted by Crippen LogP contribution is -2.36. The Morgan fingerprint density at radius 2 is 1.86 bits per heavy atom. The fourth-order valence-electron chi connectivity index (χ4n) is 5.86. The van der Waals surface area contributed by atoms with Crippen molar-refractivity contribution < 1.29 is 13.9 Å². The molecule has 1 N–H and O–H groups in total. The molecule has 0 spiro atoms. The number of amides is 1. The Bertz CT molecular complexity index is 1970. The van der Waals surface area contributed by atoms with Crippen LogP contribution < -0.4 is 15.6 Å². The number of carbonyl (C=O) groups is 1. The normalized spacial score (nSPS) is 15.5. The number of nitrogens with zero attached hydrogens (tertiary/aromatic N) is 5. The summed E-state index contributed by atoms with van der Waals surface area (Å²) >= 11 is 1.35. The number of morpholine rings is 1. The molecule has 7 rings (SSSR count). The second kappa shape index (κ2) is 11.8. The summed E-state index contributed by atoms with van der Waals surface area (Å²) in [5.41, 5.74) is 4.23. The van der Waals surface area contributed by atoms with E-state index in [1.807, 2.05) is 40.6 Å². The quantitative estimate of drug-likeness (QED) is 0.265. The summed E-state index contributed by atoms with van der Waals surface area (Å²) in [5.74, 6) is 7.37. The van der Waals surface area contributed by atoms with Crippen LogP contribution in [0.15, 0.2) is 57.2 Å². The van der Waals surface area contributed by atoms with Crippen LogP contribution in [-0.2, 0) is 4.74 Å². The first-order chi connectivity index (χ1) is 21.4. The largest absolute Gasteiger partial charge is 0.438 e. The molecule has 1 aliphatic carbocycles. The Morgan fingerprint density at radius 3 is 2.61 bits per heavy atom. The average molecular weight is 609 g/mol. The van der Waals surface area contributed by atoms with Gasteiger partial charge in [-0.15, -0.1) is 11.3 Å². The van der Waals surface area contributed by atoms with Gasteiger partial charge in [0, 0.05) is 67.5 Å². The summed E-state index contributed by atoms with van der Waals surface area (Å²) in [6.45, 7) is 2.58. The van der Waals surface area contributed by atoms with Crippen molar-refractivity contribution >= 4 is 56.1 Å². The zero-order chi connectivity index (χ0) is 30.2. The van der Waals surface area contributed by atoms with Gasteiger partial charge < -0.3 is 28.8 Å². The fraction of sp³-hybridized carbons (Fsp3) is 0.333. The second-order valence-corrected chi connectivity index (χ2v) is 12.2. The molecule has 5 aromatic rings. The summed E-state index contributed by atoms with van der Waals surface area (Å²) < 4.78 is 14.3. The smallest absolute Gasteiger partial charge is 0.270 e. The molecule has 1 aliphatic heterocycles. The number of ether oxygens (including phenoxy) is 1. The SMILES string of the molecule is CN(C)C(=O)c1cc2cnc(Nc3ccc(C#Cc4csc5c(=O)cc(N6CCOCC6)oc45)cc3)nc2n1C1CCCC1. The standard InChI is InChI=1S/C33H32N6O4S/c1-37(2)32(41)26-17-23-19-34-33(36-31(23)39(26)25-5-3-4-6-25)35-24-11-8-21(9-12-24)7-10-22-20-44-30-27(40)18-28(43-29(22)30)38-13-15-42-16-14-38/h8-9,11-12,17-20,25H,3-6,13-16H2,1-2H3,(H,34,35,36). The highest BCUT2D eigenvalue weighted by Crippen LogP contribution is 2.35. The van der Waals surface area contributed by atoms with E-state index in [0.717, 1.165) is 48.0 Å².